The zero-order valence-electron chi connectivity index (χ0n) is 22.7. The lowest BCUT2D eigenvalue weighted by atomic mass is 10.1. The number of nitrogens with one attached hydrogen (secondary N) is 1. The molecule has 3 amide bonds. The highest BCUT2D eigenvalue weighted by atomic mass is 32.2. The Morgan fingerprint density at radius 1 is 1.07 bits per heavy atom. The van der Waals surface area contributed by atoms with E-state index in [9.17, 15) is 32.3 Å². The van der Waals surface area contributed by atoms with Crippen molar-refractivity contribution in [1.29, 1.82) is 0 Å². The number of aliphatic carboxylic acids is 1. The molecule has 5 N–H and O–H groups in total. The molecule has 2 aromatic rings. The largest absolute Gasteiger partial charge is 0.522 e. The van der Waals surface area contributed by atoms with E-state index < -0.39 is 45.5 Å². The third-order valence-electron chi connectivity index (χ3n) is 5.67. The second-order valence-electron chi connectivity index (χ2n) is 8.76. The van der Waals surface area contributed by atoms with Crippen LogP contribution in [0.1, 0.15) is 30.3 Å². The number of aromatic nitrogens is 2. The van der Waals surface area contributed by atoms with Crippen LogP contribution in [0.2, 0.25) is 0 Å². The summed E-state index contributed by atoms with van der Waals surface area (Å²) in [7, 11) is -5.84. The van der Waals surface area contributed by atoms with Crippen molar-refractivity contribution in [2.24, 2.45) is 0 Å². The zero-order chi connectivity index (χ0) is 32.4. The second kappa shape index (κ2) is 15.1. The number of amides is 3. The van der Waals surface area contributed by atoms with E-state index in [-0.39, 0.29) is 63.0 Å². The van der Waals surface area contributed by atoms with Gasteiger partial charge in [-0.3, -0.25) is 18.9 Å². The molecule has 19 heteroatoms. The molecule has 1 aromatic heterocycles. The maximum Gasteiger partial charge on any atom is 0.522 e. The quantitative estimate of drug-likeness (QED) is 0.239. The summed E-state index contributed by atoms with van der Waals surface area (Å²) >= 11 is 0. The van der Waals surface area contributed by atoms with Crippen molar-refractivity contribution in [3.63, 3.8) is 0 Å². The fourth-order valence-electron chi connectivity index (χ4n) is 3.60. The van der Waals surface area contributed by atoms with Crippen molar-refractivity contribution in [2.45, 2.75) is 31.3 Å². The van der Waals surface area contributed by atoms with E-state index in [1.165, 1.54) is 15.9 Å². The van der Waals surface area contributed by atoms with Gasteiger partial charge in [0.15, 0.2) is 5.82 Å². The summed E-state index contributed by atoms with van der Waals surface area (Å²) in [4.78, 5) is 60.6. The number of piperazine rings is 1. The molecule has 236 valence electrons. The number of rotatable bonds is 8. The van der Waals surface area contributed by atoms with Gasteiger partial charge in [-0.15, -0.1) is 0 Å². The van der Waals surface area contributed by atoms with Crippen LogP contribution >= 0.6 is 0 Å². The number of nitrogens with zero attached hydrogens (tertiary/aromatic N) is 4. The molecule has 0 unspecified atom stereocenters. The molecular weight excluding hydrogens is 605 g/mol. The molecule has 1 atom stereocenters. The lowest BCUT2D eigenvalue weighted by Crippen LogP contribution is -2.56. The molecule has 1 aromatic carbocycles. The molecule has 3 rings (SSSR count). The normalized spacial score (nSPS) is 14.2. The van der Waals surface area contributed by atoms with Crippen LogP contribution in [0.15, 0.2) is 36.4 Å². The van der Waals surface area contributed by atoms with Gasteiger partial charge in [-0.25, -0.2) is 14.8 Å². The Balaban J connectivity index is 0.000000708. The molecule has 2 heterocycles. The summed E-state index contributed by atoms with van der Waals surface area (Å²) < 4.78 is 62.5. The number of alkyl halides is 3. The Morgan fingerprint density at radius 2 is 1.63 bits per heavy atom. The van der Waals surface area contributed by atoms with Crippen molar-refractivity contribution >= 4 is 39.8 Å². The summed E-state index contributed by atoms with van der Waals surface area (Å²) in [5.41, 5.74) is 0.953. The third kappa shape index (κ3) is 10.7. The molecule has 15 nitrogen and oxygen atoms in total. The zero-order valence-corrected chi connectivity index (χ0v) is 23.5. The molecule has 0 bridgehead atoms. The van der Waals surface area contributed by atoms with Gasteiger partial charge in [0, 0.05) is 44.2 Å². The van der Waals surface area contributed by atoms with Gasteiger partial charge in [0.05, 0.1) is 6.61 Å². The highest BCUT2D eigenvalue weighted by molar-refractivity contribution is 7.86. The van der Waals surface area contributed by atoms with E-state index in [0.717, 1.165) is 0 Å². The molecule has 1 aliphatic heterocycles. The van der Waals surface area contributed by atoms with Crippen LogP contribution < -0.4 is 11.1 Å². The molecule has 0 spiro atoms. The lowest BCUT2D eigenvalue weighted by Gasteiger charge is -2.35. The van der Waals surface area contributed by atoms with Gasteiger partial charge in [0.25, 0.3) is 5.91 Å². The van der Waals surface area contributed by atoms with Crippen molar-refractivity contribution in [3.05, 3.63) is 42.1 Å². The highest BCUT2D eigenvalue weighted by Gasteiger charge is 2.44. The van der Waals surface area contributed by atoms with Gasteiger partial charge in [-0.1, -0.05) is 30.3 Å². The number of carbonyl (C=O) groups is 4. The van der Waals surface area contributed by atoms with Crippen molar-refractivity contribution in [2.75, 3.05) is 38.5 Å². The first-order chi connectivity index (χ1) is 20.0. The first kappa shape index (κ1) is 34.7. The lowest BCUT2D eigenvalue weighted by molar-refractivity contribution is -0.138. The molecule has 0 aliphatic carbocycles. The Bertz CT molecular complexity index is 1400. The number of hydrogen-bond acceptors (Lipinski definition) is 10. The van der Waals surface area contributed by atoms with E-state index in [0.29, 0.717) is 5.56 Å². The third-order valence-corrected chi connectivity index (χ3v) is 6.26. The number of anilines is 1. The maximum atomic E-state index is 13.2. The average Bonchev–Trinajstić information content (AvgIpc) is 2.94. The monoisotopic (exact) mass is 634 g/mol. The first-order valence-electron chi connectivity index (χ1n) is 12.5. The van der Waals surface area contributed by atoms with E-state index in [2.05, 4.69) is 15.3 Å². The van der Waals surface area contributed by atoms with Gasteiger partial charge in [0.1, 0.15) is 17.6 Å². The Hall–Kier alpha value is -4.52. The summed E-state index contributed by atoms with van der Waals surface area (Å²) in [5.74, 6) is -1.88. The number of nitrogen functional groups attached to an aromatic ring is 1. The summed E-state index contributed by atoms with van der Waals surface area (Å²) in [6.07, 6.45) is -0.879. The van der Waals surface area contributed by atoms with Crippen molar-refractivity contribution in [3.8, 4) is 11.4 Å². The SMILES string of the molecule is CCOC(=O)N1CCN(C(=O)[C@H](CCC(=O)O)NC(=O)c2cc(N)nc(-c3ccccc3)n2)CC1.O=S(=O)(O)C(F)(F)F. The summed E-state index contributed by atoms with van der Waals surface area (Å²) in [6.45, 7) is 2.97. The fraction of sp³-hybridized carbons (Fsp3) is 0.417. The van der Waals surface area contributed by atoms with Crippen LogP contribution in [0.5, 0.6) is 0 Å². The number of benzene rings is 1. The number of carboxylic acid groups (broad SMARTS) is 1. The van der Waals surface area contributed by atoms with Gasteiger partial charge < -0.3 is 30.7 Å². The average molecular weight is 635 g/mol. The maximum absolute atomic E-state index is 13.2. The molecule has 1 fully saturated rings. The number of halogens is 3. The topological polar surface area (TPSA) is 222 Å². The van der Waals surface area contributed by atoms with E-state index in [1.807, 2.05) is 6.07 Å². The van der Waals surface area contributed by atoms with E-state index >= 15 is 0 Å². The first-order valence-corrected chi connectivity index (χ1v) is 13.9. The number of hydrogen-bond donors (Lipinski definition) is 4. The van der Waals surface area contributed by atoms with Gasteiger partial charge in [-0.2, -0.15) is 21.6 Å². The molecule has 1 saturated heterocycles. The smallest absolute Gasteiger partial charge is 0.481 e. The standard InChI is InChI=1S/C23H28N6O6.CHF3O3S/c1-2-35-23(34)29-12-10-28(11-13-29)22(33)16(8-9-19(30)31)26-21(32)17-14-18(24)27-20(25-17)15-6-4-3-5-7-15;2-1(3,4)8(5,6)7/h3-7,14,16H,2,8-13H2,1H3,(H,26,32)(H,30,31)(H2,24,25,27);(H,5,6,7)/t16-;/m0./s1. The van der Waals surface area contributed by atoms with E-state index in [4.69, 9.17) is 28.5 Å². The Morgan fingerprint density at radius 3 is 2.14 bits per heavy atom. The van der Waals surface area contributed by atoms with Crippen LogP contribution in [0, 0.1) is 0 Å². The fourth-order valence-corrected chi connectivity index (χ4v) is 3.60. The number of carbonyl (C=O) groups excluding carboxylic acids is 3. The van der Waals surface area contributed by atoms with Crippen LogP contribution in [-0.4, -0.2) is 106 Å². The minimum atomic E-state index is -5.84. The molecule has 1 aliphatic rings. The molecule has 0 saturated carbocycles. The minimum absolute atomic E-state index is 0.0448. The van der Waals surface area contributed by atoms with E-state index in [1.54, 1.807) is 31.2 Å². The van der Waals surface area contributed by atoms with Crippen LogP contribution in [0.4, 0.5) is 23.8 Å². The molecular formula is C24H29F3N6O9S. The van der Waals surface area contributed by atoms with Gasteiger partial charge in [0.2, 0.25) is 5.91 Å². The van der Waals surface area contributed by atoms with Crippen molar-refractivity contribution < 1.29 is 55.2 Å². The number of nitrogens with two attached hydrogens (primary N) is 1. The van der Waals surface area contributed by atoms with Crippen LogP contribution in [-0.2, 0) is 24.4 Å². The molecule has 43 heavy (non-hydrogen) atoms. The predicted octanol–water partition coefficient (Wildman–Crippen LogP) is 1.38. The second-order valence-corrected chi connectivity index (χ2v) is 10.2. The Kier molecular flexibility index (Phi) is 12.2. The number of ether oxygens (including phenoxy) is 1. The number of carboxylic acids is 1. The van der Waals surface area contributed by atoms with Gasteiger partial charge >= 0.3 is 27.7 Å². The Labute approximate surface area is 243 Å². The van der Waals surface area contributed by atoms with Crippen LogP contribution in [0.3, 0.4) is 0 Å². The minimum Gasteiger partial charge on any atom is -0.481 e. The molecule has 0 radical (unpaired) electrons. The highest BCUT2D eigenvalue weighted by Crippen LogP contribution is 2.20. The van der Waals surface area contributed by atoms with Gasteiger partial charge in [-0.05, 0) is 13.3 Å². The predicted molar refractivity (Wildman–Crippen MR) is 143 cm³/mol. The summed E-state index contributed by atoms with van der Waals surface area (Å²) in [6, 6.07) is 9.15. The van der Waals surface area contributed by atoms with Crippen molar-refractivity contribution in [1.82, 2.24) is 25.1 Å². The summed E-state index contributed by atoms with van der Waals surface area (Å²) in [5, 5.41) is 11.7. The van der Waals surface area contributed by atoms with Crippen LogP contribution in [0.25, 0.3) is 11.4 Å².